The van der Waals surface area contributed by atoms with Crippen LogP contribution >= 0.6 is 0 Å². The zero-order valence-corrected chi connectivity index (χ0v) is 14.8. The van der Waals surface area contributed by atoms with Crippen molar-refractivity contribution in [3.05, 3.63) is 22.6 Å². The quantitative estimate of drug-likeness (QED) is 0.886. The van der Waals surface area contributed by atoms with Gasteiger partial charge >= 0.3 is 0 Å². The summed E-state index contributed by atoms with van der Waals surface area (Å²) in [5.41, 5.74) is 0.824. The van der Waals surface area contributed by atoms with Crippen LogP contribution in [0.25, 0.3) is 0 Å². The van der Waals surface area contributed by atoms with Crippen molar-refractivity contribution in [3.8, 4) is 0 Å². The van der Waals surface area contributed by atoms with E-state index < -0.39 is 0 Å². The zero-order chi connectivity index (χ0) is 17.2. The molecule has 0 bridgehead atoms. The summed E-state index contributed by atoms with van der Waals surface area (Å²) in [7, 11) is 0. The second-order valence-electron chi connectivity index (χ2n) is 7.95. The summed E-state index contributed by atoms with van der Waals surface area (Å²) in [5.74, 6) is 0.843. The average molecular weight is 344 g/mol. The molecule has 3 fully saturated rings. The van der Waals surface area contributed by atoms with Gasteiger partial charge in [-0.1, -0.05) is 19.3 Å². The van der Waals surface area contributed by atoms with Crippen molar-refractivity contribution in [2.45, 2.75) is 64.0 Å². The highest BCUT2D eigenvalue weighted by molar-refractivity contribution is 5.80. The van der Waals surface area contributed by atoms with E-state index in [4.69, 9.17) is 0 Å². The summed E-state index contributed by atoms with van der Waals surface area (Å²) in [5, 5.41) is 7.56. The topological polar surface area (TPSA) is 67.2 Å². The standard InChI is InChI=1S/C19H28N4O2/c24-18-10-17(11-20-23(18)12-14-6-7-14)22-9-8-15(13-22)19(25)21-16-4-2-1-3-5-16/h10-11,14-16H,1-9,12-13H2,(H,21,25). The molecule has 1 aliphatic heterocycles. The molecule has 1 aromatic heterocycles. The SMILES string of the molecule is O=C(NC1CCCCC1)C1CCN(c2cnn(CC3CC3)c(=O)c2)C1. The first kappa shape index (κ1) is 16.6. The average Bonchev–Trinajstić information content (AvgIpc) is 3.30. The Bertz CT molecular complexity index is 676. The fourth-order valence-corrected chi connectivity index (χ4v) is 4.05. The van der Waals surface area contributed by atoms with Crippen molar-refractivity contribution >= 4 is 11.6 Å². The molecule has 2 aliphatic carbocycles. The van der Waals surface area contributed by atoms with Crippen LogP contribution < -0.4 is 15.8 Å². The van der Waals surface area contributed by atoms with Gasteiger partial charge in [0.2, 0.25) is 5.91 Å². The van der Waals surface area contributed by atoms with Gasteiger partial charge in [0.05, 0.1) is 17.8 Å². The molecule has 2 saturated carbocycles. The molecule has 6 heteroatoms. The van der Waals surface area contributed by atoms with E-state index in [1.165, 1.54) is 32.1 Å². The number of hydrogen-bond acceptors (Lipinski definition) is 4. The molecule has 1 atom stereocenters. The second-order valence-corrected chi connectivity index (χ2v) is 7.95. The maximum atomic E-state index is 12.5. The van der Waals surface area contributed by atoms with E-state index in [0.717, 1.165) is 38.0 Å². The molecule has 0 radical (unpaired) electrons. The van der Waals surface area contributed by atoms with Crippen LogP contribution in [0.5, 0.6) is 0 Å². The largest absolute Gasteiger partial charge is 0.369 e. The van der Waals surface area contributed by atoms with Crippen molar-refractivity contribution < 1.29 is 4.79 Å². The molecule has 1 N–H and O–H groups in total. The van der Waals surface area contributed by atoms with Crippen molar-refractivity contribution in [2.24, 2.45) is 11.8 Å². The third kappa shape index (κ3) is 4.05. The molecule has 6 nitrogen and oxygen atoms in total. The maximum absolute atomic E-state index is 12.5. The van der Waals surface area contributed by atoms with E-state index in [9.17, 15) is 9.59 Å². The van der Waals surface area contributed by atoms with E-state index in [1.54, 1.807) is 16.9 Å². The van der Waals surface area contributed by atoms with Crippen LogP contribution in [0.1, 0.15) is 51.4 Å². The highest BCUT2D eigenvalue weighted by Gasteiger charge is 2.30. The van der Waals surface area contributed by atoms with Crippen LogP contribution in [0.4, 0.5) is 5.69 Å². The minimum Gasteiger partial charge on any atom is -0.369 e. The Morgan fingerprint density at radius 3 is 2.68 bits per heavy atom. The lowest BCUT2D eigenvalue weighted by Crippen LogP contribution is -2.40. The molecule has 25 heavy (non-hydrogen) atoms. The number of carbonyl (C=O) groups is 1. The molecule has 4 rings (SSSR count). The summed E-state index contributed by atoms with van der Waals surface area (Å²) < 4.78 is 1.57. The minimum absolute atomic E-state index is 0.0239. The van der Waals surface area contributed by atoms with Gasteiger partial charge in [-0.2, -0.15) is 5.10 Å². The van der Waals surface area contributed by atoms with Gasteiger partial charge in [0.15, 0.2) is 0 Å². The monoisotopic (exact) mass is 344 g/mol. The van der Waals surface area contributed by atoms with Gasteiger partial charge in [-0.25, -0.2) is 4.68 Å². The van der Waals surface area contributed by atoms with Gasteiger partial charge in [0.1, 0.15) is 0 Å². The number of nitrogens with one attached hydrogen (secondary N) is 1. The fraction of sp³-hybridized carbons (Fsp3) is 0.737. The summed E-state index contributed by atoms with van der Waals surface area (Å²) in [4.78, 5) is 26.9. The Morgan fingerprint density at radius 2 is 1.96 bits per heavy atom. The van der Waals surface area contributed by atoms with E-state index >= 15 is 0 Å². The van der Waals surface area contributed by atoms with Crippen LogP contribution in [-0.4, -0.2) is 34.8 Å². The number of anilines is 1. The predicted octanol–water partition coefficient (Wildman–Crippen LogP) is 1.93. The van der Waals surface area contributed by atoms with Gasteiger partial charge in [0, 0.05) is 31.7 Å². The van der Waals surface area contributed by atoms with Gasteiger partial charge in [-0.15, -0.1) is 0 Å². The summed E-state index contributed by atoms with van der Waals surface area (Å²) in [6.07, 6.45) is 11.0. The van der Waals surface area contributed by atoms with Crippen molar-refractivity contribution in [1.82, 2.24) is 15.1 Å². The Hall–Kier alpha value is -1.85. The molecular weight excluding hydrogens is 316 g/mol. The molecule has 3 aliphatic rings. The normalized spacial score (nSPS) is 24.5. The van der Waals surface area contributed by atoms with E-state index in [-0.39, 0.29) is 17.4 Å². The molecule has 0 aromatic carbocycles. The van der Waals surface area contributed by atoms with Crippen molar-refractivity contribution in [3.63, 3.8) is 0 Å². The molecule has 0 spiro atoms. The van der Waals surface area contributed by atoms with E-state index in [1.807, 2.05) is 0 Å². The Kier molecular flexibility index (Phi) is 4.77. The van der Waals surface area contributed by atoms with E-state index in [2.05, 4.69) is 15.3 Å². The minimum atomic E-state index is -0.0282. The first-order valence-corrected chi connectivity index (χ1v) is 9.81. The van der Waals surface area contributed by atoms with Gasteiger partial charge < -0.3 is 10.2 Å². The second kappa shape index (κ2) is 7.18. The predicted molar refractivity (Wildman–Crippen MR) is 96.6 cm³/mol. The molecule has 1 saturated heterocycles. The number of aromatic nitrogens is 2. The molecular formula is C19H28N4O2. The Labute approximate surface area is 148 Å². The van der Waals surface area contributed by atoms with Crippen molar-refractivity contribution in [2.75, 3.05) is 18.0 Å². The van der Waals surface area contributed by atoms with Crippen LogP contribution in [-0.2, 0) is 11.3 Å². The lowest BCUT2D eigenvalue weighted by atomic mass is 9.95. The van der Waals surface area contributed by atoms with Crippen LogP contribution in [0, 0.1) is 11.8 Å². The highest BCUT2D eigenvalue weighted by atomic mass is 16.2. The fourth-order valence-electron chi connectivity index (χ4n) is 4.05. The zero-order valence-electron chi connectivity index (χ0n) is 14.8. The van der Waals surface area contributed by atoms with Crippen LogP contribution in [0.3, 0.4) is 0 Å². The lowest BCUT2D eigenvalue weighted by molar-refractivity contribution is -0.125. The smallest absolute Gasteiger partial charge is 0.268 e. The molecule has 1 unspecified atom stereocenters. The summed E-state index contributed by atoms with van der Waals surface area (Å²) >= 11 is 0. The third-order valence-electron chi connectivity index (χ3n) is 5.86. The maximum Gasteiger partial charge on any atom is 0.268 e. The van der Waals surface area contributed by atoms with Gasteiger partial charge in [0.25, 0.3) is 5.56 Å². The number of nitrogens with zero attached hydrogens (tertiary/aromatic N) is 3. The molecule has 1 amide bonds. The third-order valence-corrected chi connectivity index (χ3v) is 5.86. The number of carbonyl (C=O) groups excluding carboxylic acids is 1. The highest BCUT2D eigenvalue weighted by Crippen LogP contribution is 2.30. The van der Waals surface area contributed by atoms with Crippen LogP contribution in [0.2, 0.25) is 0 Å². The molecule has 1 aromatic rings. The number of rotatable bonds is 5. The van der Waals surface area contributed by atoms with Gasteiger partial charge in [-0.3, -0.25) is 9.59 Å². The molecule has 136 valence electrons. The van der Waals surface area contributed by atoms with Crippen LogP contribution in [0.15, 0.2) is 17.1 Å². The molecule has 2 heterocycles. The summed E-state index contributed by atoms with van der Waals surface area (Å²) in [6.45, 7) is 2.24. The first-order chi connectivity index (χ1) is 12.2. The van der Waals surface area contributed by atoms with Crippen molar-refractivity contribution in [1.29, 1.82) is 0 Å². The van der Waals surface area contributed by atoms with Gasteiger partial charge in [-0.05, 0) is 38.0 Å². The summed E-state index contributed by atoms with van der Waals surface area (Å²) in [6, 6.07) is 2.04. The Balaban J connectivity index is 1.34. The number of amides is 1. The first-order valence-electron chi connectivity index (χ1n) is 9.81. The number of hydrogen-bond donors (Lipinski definition) is 1. The lowest BCUT2D eigenvalue weighted by Gasteiger charge is -2.24. The van der Waals surface area contributed by atoms with E-state index in [0.29, 0.717) is 18.5 Å². The Morgan fingerprint density at radius 1 is 1.16 bits per heavy atom.